The second-order valence-electron chi connectivity index (χ2n) is 46.4. The molecular weight excluding hydrogens is 1900 g/mol. The summed E-state index contributed by atoms with van der Waals surface area (Å²) in [4.78, 5) is 95.1. The summed E-state index contributed by atoms with van der Waals surface area (Å²) in [5, 5.41) is 0. The summed E-state index contributed by atoms with van der Waals surface area (Å²) in [5.41, 5.74) is -4.07. The van der Waals surface area contributed by atoms with Crippen LogP contribution in [0.2, 0.25) is 0 Å². The zero-order chi connectivity index (χ0) is 117. The van der Waals surface area contributed by atoms with Crippen molar-refractivity contribution in [3.05, 3.63) is 34.6 Å². The summed E-state index contributed by atoms with van der Waals surface area (Å²) in [5.74, 6) is -13.3. The molecule has 3 atom stereocenters. The number of carbonyl (C=O) groups excluding carboxylic acids is 8. The first-order chi connectivity index (χ1) is 68.5. The molecule has 0 saturated heterocycles. The van der Waals surface area contributed by atoms with Gasteiger partial charge in [-0.2, -0.15) is 8.78 Å². The summed E-state index contributed by atoms with van der Waals surface area (Å²) in [7, 11) is 0. The Hall–Kier alpha value is -5.65. The molecule has 3 unspecified atom stereocenters. The highest BCUT2D eigenvalue weighted by Crippen LogP contribution is 2.37. The Morgan fingerprint density at radius 2 is 0.493 bits per heavy atom. The van der Waals surface area contributed by atoms with E-state index in [0.29, 0.717) is 49.0 Å². The van der Waals surface area contributed by atoms with Crippen LogP contribution in [0.1, 0.15) is 579 Å². The first kappa shape index (κ1) is 158. The Morgan fingerprint density at radius 1 is 0.250 bits per heavy atom. The Balaban J connectivity index is -0.000000249. The number of esters is 8. The van der Waals surface area contributed by atoms with E-state index in [9.17, 15) is 77.9 Å². The molecule has 0 aliphatic carbocycles. The fourth-order valence-electron chi connectivity index (χ4n) is 13.7. The van der Waals surface area contributed by atoms with Crippen LogP contribution >= 0.6 is 0 Å². The molecule has 1 aromatic rings. The molecule has 0 radical (unpaired) electrons. The third-order valence-corrected chi connectivity index (χ3v) is 29.5. The molecule has 0 aliphatic heterocycles. The summed E-state index contributed by atoms with van der Waals surface area (Å²) in [6.45, 7) is 87.2. The lowest BCUT2D eigenvalue weighted by Crippen LogP contribution is -2.38. The topological polar surface area (TPSA) is 210 Å². The van der Waals surface area contributed by atoms with Crippen molar-refractivity contribution in [1.29, 1.82) is 0 Å². The second kappa shape index (κ2) is 85.6. The van der Waals surface area contributed by atoms with Gasteiger partial charge >= 0.3 is 60.1 Å². The van der Waals surface area contributed by atoms with Gasteiger partial charge in [-0.15, -0.1) is 0 Å². The number of ether oxygens (including phenoxy) is 8. The number of hydrogen-bond donors (Lipinski definition) is 0. The third-order valence-electron chi connectivity index (χ3n) is 29.5. The molecule has 0 heterocycles. The Kier molecular flexibility index (Phi) is 91.1. The van der Waals surface area contributed by atoms with Crippen molar-refractivity contribution in [2.75, 3.05) is 13.2 Å². The van der Waals surface area contributed by atoms with Crippen LogP contribution in [0.25, 0.3) is 0 Å². The molecule has 0 aromatic heterocycles. The van der Waals surface area contributed by atoms with E-state index in [4.69, 9.17) is 33.2 Å². The Labute approximate surface area is 902 Å². The maximum Gasteiger partial charge on any atom is 0.340 e. The summed E-state index contributed by atoms with van der Waals surface area (Å²) < 4.78 is 156. The van der Waals surface area contributed by atoms with E-state index < -0.39 is 70.9 Å². The number of carbonyl (C=O) groups is 8. The van der Waals surface area contributed by atoms with Gasteiger partial charge in [-0.3, -0.25) is 38.4 Å². The highest BCUT2D eigenvalue weighted by atomic mass is 19.3. The fraction of sp³-hybridized carbons (Fsp3) is 0.886. The molecule has 0 amide bonds. The number of halogens is 9. The first-order valence-electron chi connectivity index (χ1n) is 58.3. The number of unbranched alkanes of at least 4 members (excludes halogenated alkanes) is 10. The Morgan fingerprint density at radius 3 is 0.757 bits per heavy atom. The van der Waals surface area contributed by atoms with Gasteiger partial charge in [-0.25, -0.2) is 30.7 Å². The molecule has 0 spiro atoms. The normalized spacial score (nSPS) is 12.6. The predicted molar refractivity (Wildman–Crippen MR) is 597 cm³/mol. The van der Waals surface area contributed by atoms with Crippen LogP contribution in [-0.4, -0.2) is 110 Å². The average Bonchev–Trinajstić information content (AvgIpc) is 0.785. The van der Waals surface area contributed by atoms with Crippen LogP contribution in [0.3, 0.4) is 0 Å². The quantitative estimate of drug-likeness (QED) is 0.0148. The van der Waals surface area contributed by atoms with Gasteiger partial charge in [0, 0.05) is 5.56 Å². The molecule has 0 bridgehead atoms. The smallest absolute Gasteiger partial charge is 0.340 e. The van der Waals surface area contributed by atoms with Gasteiger partial charge < -0.3 is 37.9 Å². The van der Waals surface area contributed by atoms with Crippen LogP contribution in [0.15, 0.2) is 0 Å². The molecule has 25 heteroatoms. The number of rotatable bonds is 65. The molecule has 1 aromatic carbocycles. The van der Waals surface area contributed by atoms with Gasteiger partial charge in [0.15, 0.2) is 29.9 Å². The predicted octanol–water partition coefficient (Wildman–Crippen LogP) is 38.7. The van der Waals surface area contributed by atoms with Crippen molar-refractivity contribution >= 4 is 47.8 Å². The van der Waals surface area contributed by atoms with Crippen molar-refractivity contribution in [2.45, 2.75) is 623 Å². The summed E-state index contributed by atoms with van der Waals surface area (Å²) >= 11 is 0. The van der Waals surface area contributed by atoms with Crippen molar-refractivity contribution in [1.82, 2.24) is 0 Å². The number of alkyl halides is 4. The van der Waals surface area contributed by atoms with Crippen molar-refractivity contribution in [3.8, 4) is 0 Å². The lowest BCUT2D eigenvalue weighted by atomic mass is 9.83. The van der Waals surface area contributed by atoms with Gasteiger partial charge in [0.25, 0.3) is 0 Å². The zero-order valence-electron chi connectivity index (χ0n) is 103. The summed E-state index contributed by atoms with van der Waals surface area (Å²) in [6, 6.07) is 0. The average molecular weight is 2140 g/mol. The van der Waals surface area contributed by atoms with E-state index in [1.54, 1.807) is 13.8 Å². The largest absolute Gasteiger partial charge is 0.465 e. The number of hydrogen-bond acceptors (Lipinski definition) is 16. The molecule has 0 aliphatic rings. The highest BCUT2D eigenvalue weighted by Gasteiger charge is 2.44. The number of benzene rings is 1. The standard InChI is InChI=1S/2C17H34O2.2C15H30O2.C14H28O2.2C13H26O2.C10H9F5.C9H14F4O2/c1-8-13(9-2)15(14(10-3)11-4)19-16(18)17(6,7)12-5;1-6-9-11-13-15(14-12-10-7-2)19-16(18)17(4,5)8-3;1-6-9-10-11-12-13(7-2)17-14(16)15(4,5)8-3;1-6-9-11-13(12-10-7-2)17-14(16)15(4,5)8-3;1-6-9-10-12(7-2)11-16-13(15)14(4,5)8-3;1-8-13(6,7)12(14)15-11(9(2)3)10(4)5;1-6-9-11(10-7-2)15-12(14)13(4,5)8-3;1-3-4(2)5-6(11)8(13)10(15)9(14)7(5)12;1-4-8(2,3)7(14)15-5-9(12,13)6(10)11/h13-15H,8-12H2,1-7H3;15H,6-14H2,1-5H3;2*13H,6-12H2,1-5H3;12H,6-11H2,1-5H3;9-11H,8H2,1-7H3;11H,6-10H2,1-5H3;4H,3H2,1-2H3;6H,4-5H2,1-3H3. The first-order valence-corrected chi connectivity index (χ1v) is 58.3. The van der Waals surface area contributed by atoms with E-state index in [1.165, 1.54) is 104 Å². The van der Waals surface area contributed by atoms with E-state index >= 15 is 0 Å². The van der Waals surface area contributed by atoms with Crippen LogP contribution in [0.5, 0.6) is 0 Å². The molecule has 0 fully saturated rings. The third kappa shape index (κ3) is 68.6. The lowest BCUT2D eigenvalue weighted by molar-refractivity contribution is -0.186. The van der Waals surface area contributed by atoms with Crippen LogP contribution in [-0.2, 0) is 76.3 Å². The molecule has 0 saturated carbocycles. The monoisotopic (exact) mass is 2140 g/mol. The van der Waals surface area contributed by atoms with Gasteiger partial charge in [0.05, 0.1) is 49.9 Å². The van der Waals surface area contributed by atoms with E-state index in [-0.39, 0.29) is 116 Å². The van der Waals surface area contributed by atoms with Crippen molar-refractivity contribution in [3.63, 3.8) is 0 Å². The highest BCUT2D eigenvalue weighted by molar-refractivity contribution is 5.79. The minimum absolute atomic E-state index is 0.0204. The Bertz CT molecular complexity index is 3470. The molecule has 0 N–H and O–H groups in total. The molecule has 882 valence electrons. The van der Waals surface area contributed by atoms with E-state index in [1.807, 2.05) is 145 Å². The molecule has 1 rings (SSSR count). The second-order valence-corrected chi connectivity index (χ2v) is 46.4. The molecule has 16 nitrogen and oxygen atoms in total. The van der Waals surface area contributed by atoms with Crippen LogP contribution in [0.4, 0.5) is 39.5 Å². The van der Waals surface area contributed by atoms with Gasteiger partial charge in [-0.05, 0) is 307 Å². The fourth-order valence-corrected chi connectivity index (χ4v) is 13.7. The lowest BCUT2D eigenvalue weighted by Gasteiger charge is -2.34. The minimum atomic E-state index is -4.28. The van der Waals surface area contributed by atoms with Crippen molar-refractivity contribution < 1.29 is 116 Å². The summed E-state index contributed by atoms with van der Waals surface area (Å²) in [6.07, 6.45) is 39.3. The van der Waals surface area contributed by atoms with E-state index in [0.717, 1.165) is 167 Å². The maximum atomic E-state index is 13.1. The molecule has 148 heavy (non-hydrogen) atoms. The van der Waals surface area contributed by atoms with Crippen LogP contribution < -0.4 is 0 Å². The zero-order valence-corrected chi connectivity index (χ0v) is 103. The SMILES string of the molecule is CCC(C)(C)C(=O)OC(C(C)C)C(C)C.CCC(C)(C)C(=O)OCC(F)(F)C(F)F.CCC(C)c1c(F)c(F)c(F)c(F)c1F.CCC(CC)C(OC(=O)C(C)(C)CC)C(CC)CC.CCCC(CCC)OC(=O)C(C)(C)CC.CCCCC(CC)COC(=O)C(C)(C)CC.CCCCC(CCCC)OC(=O)C(C)(C)CC.CCCCCC(CCCCC)OC(=O)C(C)(C)CC.CCCCCCC(CC)OC(=O)C(C)(C)CC. The molecular formula is C123H231F9O16. The van der Waals surface area contributed by atoms with Gasteiger partial charge in [0.1, 0.15) is 36.6 Å². The van der Waals surface area contributed by atoms with Crippen LogP contribution in [0, 0.1) is 102 Å². The van der Waals surface area contributed by atoms with Gasteiger partial charge in [-0.1, -0.05) is 297 Å². The maximum absolute atomic E-state index is 13.1. The van der Waals surface area contributed by atoms with Crippen molar-refractivity contribution in [2.24, 2.45) is 72.9 Å². The van der Waals surface area contributed by atoms with Gasteiger partial charge in [0.2, 0.25) is 5.82 Å². The van der Waals surface area contributed by atoms with E-state index in [2.05, 4.69) is 129 Å². The minimum Gasteiger partial charge on any atom is -0.465 e.